The fourth-order valence-electron chi connectivity index (χ4n) is 3.54. The second kappa shape index (κ2) is 9.63. The highest BCUT2D eigenvalue weighted by Crippen LogP contribution is 2.26. The highest BCUT2D eigenvalue weighted by Gasteiger charge is 2.16. The summed E-state index contributed by atoms with van der Waals surface area (Å²) >= 11 is 0. The van der Waals surface area contributed by atoms with Crippen LogP contribution in [0.5, 0.6) is 5.75 Å². The summed E-state index contributed by atoms with van der Waals surface area (Å²) in [5.41, 5.74) is 4.74. The number of methoxy groups -OCH3 is 1. The summed E-state index contributed by atoms with van der Waals surface area (Å²) in [6.45, 7) is 5.82. The van der Waals surface area contributed by atoms with Crippen LogP contribution in [0.3, 0.4) is 0 Å². The molecule has 4 rings (SSSR count). The number of para-hydroxylation sites is 2. The Hall–Kier alpha value is -4.11. The Morgan fingerprint density at radius 3 is 2.37 bits per heavy atom. The van der Waals surface area contributed by atoms with E-state index in [4.69, 9.17) is 4.74 Å². The minimum atomic E-state index is -3.82. The van der Waals surface area contributed by atoms with E-state index in [-0.39, 0.29) is 10.5 Å². The first-order valence-corrected chi connectivity index (χ1v) is 12.4. The van der Waals surface area contributed by atoms with Gasteiger partial charge in [-0.05, 0) is 80.4 Å². The first kappa shape index (κ1) is 24.0. The maximum Gasteiger partial charge on any atom is 0.280 e. The number of anilines is 1. The number of hydrogen-bond donors (Lipinski definition) is 2. The van der Waals surface area contributed by atoms with Crippen LogP contribution in [0.2, 0.25) is 0 Å². The molecule has 180 valence electrons. The van der Waals surface area contributed by atoms with Gasteiger partial charge in [0.2, 0.25) is 0 Å². The molecule has 0 aliphatic heterocycles. The Morgan fingerprint density at radius 1 is 0.971 bits per heavy atom. The average molecular weight is 491 g/mol. The Labute approximate surface area is 204 Å². The van der Waals surface area contributed by atoms with Crippen molar-refractivity contribution in [1.82, 2.24) is 9.78 Å². The summed E-state index contributed by atoms with van der Waals surface area (Å²) in [5.74, 6) is 0.422. The van der Waals surface area contributed by atoms with Crippen molar-refractivity contribution in [3.05, 3.63) is 99.5 Å². The molecule has 0 aliphatic rings. The molecule has 35 heavy (non-hydrogen) atoms. The number of H-pyrrole nitrogens is 1. The van der Waals surface area contributed by atoms with Crippen LogP contribution in [0, 0.1) is 20.8 Å². The second-order valence-electron chi connectivity index (χ2n) is 8.12. The normalized spacial score (nSPS) is 11.7. The van der Waals surface area contributed by atoms with E-state index in [1.807, 2.05) is 32.0 Å². The molecule has 4 aromatic rings. The molecule has 0 amide bonds. The number of hydrogen-bond acceptors (Lipinski definition) is 5. The molecule has 8 nitrogen and oxygen atoms in total. The molecule has 2 N–H and O–H groups in total. The molecule has 0 radical (unpaired) electrons. The molecule has 0 aliphatic carbocycles. The van der Waals surface area contributed by atoms with Crippen LogP contribution >= 0.6 is 0 Å². The molecule has 9 heteroatoms. The molecular weight excluding hydrogens is 464 g/mol. The monoisotopic (exact) mass is 490 g/mol. The van der Waals surface area contributed by atoms with E-state index in [2.05, 4.69) is 14.8 Å². The topological polar surface area (TPSA) is 106 Å². The van der Waals surface area contributed by atoms with Crippen LogP contribution in [0.25, 0.3) is 5.69 Å². The lowest BCUT2D eigenvalue weighted by Gasteiger charge is -2.11. The van der Waals surface area contributed by atoms with Crippen molar-refractivity contribution in [1.29, 1.82) is 0 Å². The number of nitrogens with one attached hydrogen (secondary N) is 2. The maximum absolute atomic E-state index is 13.0. The van der Waals surface area contributed by atoms with Crippen molar-refractivity contribution in [2.45, 2.75) is 25.7 Å². The van der Waals surface area contributed by atoms with E-state index in [9.17, 15) is 13.2 Å². The van der Waals surface area contributed by atoms with E-state index in [1.165, 1.54) is 30.1 Å². The number of aromatic nitrogens is 2. The van der Waals surface area contributed by atoms with Gasteiger partial charge in [0.1, 0.15) is 5.75 Å². The molecule has 0 spiro atoms. The van der Waals surface area contributed by atoms with Gasteiger partial charge < -0.3 is 4.74 Å². The van der Waals surface area contributed by atoms with Crippen LogP contribution in [0.4, 0.5) is 11.4 Å². The fraction of sp³-hybridized carbons (Fsp3) is 0.154. The summed E-state index contributed by atoms with van der Waals surface area (Å²) in [6, 6.07) is 18.7. The third-order valence-corrected chi connectivity index (χ3v) is 7.09. The number of aromatic amines is 1. The molecule has 0 atom stereocenters. The minimum Gasteiger partial charge on any atom is -0.495 e. The van der Waals surface area contributed by atoms with E-state index in [1.54, 1.807) is 43.3 Å². The van der Waals surface area contributed by atoms with Crippen molar-refractivity contribution in [2.75, 3.05) is 11.8 Å². The van der Waals surface area contributed by atoms with E-state index >= 15 is 0 Å². The predicted octanol–water partition coefficient (Wildman–Crippen LogP) is 4.65. The standard InChI is InChI=1S/C26H26N4O4S/c1-17-9-12-21(15-18(17)2)30-26(31)23(19(3)28-30)16-27-20-10-13-22(14-11-20)35(32,33)29-24-7-5-6-8-25(24)34-4/h5-16,28-29H,1-4H3. The van der Waals surface area contributed by atoms with E-state index < -0.39 is 10.0 Å². The summed E-state index contributed by atoms with van der Waals surface area (Å²) in [6.07, 6.45) is 1.49. The number of sulfonamides is 1. The predicted molar refractivity (Wildman–Crippen MR) is 138 cm³/mol. The quantitative estimate of drug-likeness (QED) is 0.368. The lowest BCUT2D eigenvalue weighted by Crippen LogP contribution is -2.17. The first-order chi connectivity index (χ1) is 16.7. The van der Waals surface area contributed by atoms with Gasteiger partial charge in [0.05, 0.1) is 34.6 Å². The molecule has 0 bridgehead atoms. The Bertz CT molecular complexity index is 1570. The maximum atomic E-state index is 13.0. The Morgan fingerprint density at radius 2 is 1.69 bits per heavy atom. The third kappa shape index (κ3) is 5.04. The summed E-state index contributed by atoms with van der Waals surface area (Å²) in [4.78, 5) is 17.4. The summed E-state index contributed by atoms with van der Waals surface area (Å²) < 4.78 is 34.8. The highest BCUT2D eigenvalue weighted by molar-refractivity contribution is 7.92. The van der Waals surface area contributed by atoms with Crippen LogP contribution in [-0.4, -0.2) is 31.5 Å². The lowest BCUT2D eigenvalue weighted by atomic mass is 10.1. The van der Waals surface area contributed by atoms with Crippen molar-refractivity contribution in [3.63, 3.8) is 0 Å². The molecule has 1 heterocycles. The summed E-state index contributed by atoms with van der Waals surface area (Å²) in [5, 5.41) is 3.09. The van der Waals surface area contributed by atoms with Crippen LogP contribution < -0.4 is 15.0 Å². The zero-order chi connectivity index (χ0) is 25.2. The number of aryl methyl sites for hydroxylation is 3. The molecule has 1 aromatic heterocycles. The van der Waals surface area contributed by atoms with Gasteiger partial charge in [-0.25, -0.2) is 13.1 Å². The number of nitrogens with zero attached hydrogens (tertiary/aromatic N) is 2. The molecular formula is C26H26N4O4S. The van der Waals surface area contributed by atoms with E-state index in [0.29, 0.717) is 28.4 Å². The van der Waals surface area contributed by atoms with Gasteiger partial charge in [-0.15, -0.1) is 0 Å². The van der Waals surface area contributed by atoms with Gasteiger partial charge in [0.15, 0.2) is 0 Å². The number of ether oxygens (including phenoxy) is 1. The Balaban J connectivity index is 1.56. The minimum absolute atomic E-state index is 0.0808. The Kier molecular flexibility index (Phi) is 6.61. The van der Waals surface area contributed by atoms with Gasteiger partial charge in [-0.3, -0.25) is 19.6 Å². The van der Waals surface area contributed by atoms with Gasteiger partial charge in [-0.2, -0.15) is 0 Å². The largest absolute Gasteiger partial charge is 0.495 e. The van der Waals surface area contributed by atoms with Crippen molar-refractivity contribution in [3.8, 4) is 11.4 Å². The lowest BCUT2D eigenvalue weighted by molar-refractivity contribution is 0.417. The fourth-order valence-corrected chi connectivity index (χ4v) is 4.61. The van der Waals surface area contributed by atoms with Crippen molar-refractivity contribution >= 4 is 27.6 Å². The number of aliphatic imine (C=N–C) groups is 1. The smallest absolute Gasteiger partial charge is 0.280 e. The highest BCUT2D eigenvalue weighted by atomic mass is 32.2. The van der Waals surface area contributed by atoms with Gasteiger partial charge in [-0.1, -0.05) is 18.2 Å². The SMILES string of the molecule is COc1ccccc1NS(=O)(=O)c1ccc(N=Cc2c(C)[nH]n(-c3ccc(C)c(C)c3)c2=O)cc1. The molecule has 0 fully saturated rings. The molecule has 0 unspecified atom stereocenters. The van der Waals surface area contributed by atoms with Crippen molar-refractivity contribution < 1.29 is 13.2 Å². The summed E-state index contributed by atoms with van der Waals surface area (Å²) in [7, 11) is -2.34. The average Bonchev–Trinajstić information content (AvgIpc) is 3.13. The zero-order valence-corrected chi connectivity index (χ0v) is 20.7. The number of benzene rings is 3. The van der Waals surface area contributed by atoms with Crippen LogP contribution in [0.1, 0.15) is 22.4 Å². The molecule has 0 saturated carbocycles. The van der Waals surface area contributed by atoms with Gasteiger partial charge in [0.25, 0.3) is 15.6 Å². The molecule has 3 aromatic carbocycles. The van der Waals surface area contributed by atoms with Gasteiger partial charge in [0, 0.05) is 11.9 Å². The van der Waals surface area contributed by atoms with Crippen LogP contribution in [-0.2, 0) is 10.0 Å². The second-order valence-corrected chi connectivity index (χ2v) is 9.80. The zero-order valence-electron chi connectivity index (χ0n) is 19.9. The number of rotatable bonds is 7. The van der Waals surface area contributed by atoms with Crippen molar-refractivity contribution in [2.24, 2.45) is 4.99 Å². The molecule has 0 saturated heterocycles. The van der Waals surface area contributed by atoms with Crippen LogP contribution in [0.15, 0.2) is 81.4 Å². The van der Waals surface area contributed by atoms with E-state index in [0.717, 1.165) is 16.8 Å². The first-order valence-electron chi connectivity index (χ1n) is 10.9. The third-order valence-electron chi connectivity index (χ3n) is 5.71. The van der Waals surface area contributed by atoms with Gasteiger partial charge >= 0.3 is 0 Å².